The van der Waals surface area contributed by atoms with E-state index in [1.165, 1.54) is 11.8 Å². The Balaban J connectivity index is 2.38. The maximum absolute atomic E-state index is 11.6. The Kier molecular flexibility index (Phi) is 6.80. The highest BCUT2D eigenvalue weighted by atomic mass is 32.2. The molecule has 1 rings (SSSR count). The number of ether oxygens (including phenoxy) is 1. The maximum atomic E-state index is 11.6. The molecule has 0 spiro atoms. The van der Waals surface area contributed by atoms with Crippen molar-refractivity contribution in [1.29, 1.82) is 0 Å². The number of rotatable bonds is 7. The lowest BCUT2D eigenvalue weighted by atomic mass is 10.2. The van der Waals surface area contributed by atoms with Gasteiger partial charge < -0.3 is 10.1 Å². The van der Waals surface area contributed by atoms with Gasteiger partial charge in [0.05, 0.1) is 5.75 Å². The molecular weight excluding hydrogens is 262 g/mol. The van der Waals surface area contributed by atoms with Gasteiger partial charge in [0.15, 0.2) is 5.16 Å². The van der Waals surface area contributed by atoms with E-state index in [0.29, 0.717) is 24.1 Å². The molecule has 0 fully saturated rings. The van der Waals surface area contributed by atoms with Crippen LogP contribution in [0.15, 0.2) is 5.16 Å². The van der Waals surface area contributed by atoms with E-state index in [0.717, 1.165) is 23.4 Å². The van der Waals surface area contributed by atoms with Crippen LogP contribution in [-0.2, 0) is 9.53 Å². The summed E-state index contributed by atoms with van der Waals surface area (Å²) in [5, 5.41) is 3.49. The molecule has 0 aliphatic carbocycles. The quantitative estimate of drug-likeness (QED) is 0.468. The van der Waals surface area contributed by atoms with Crippen LogP contribution in [0.5, 0.6) is 0 Å². The van der Waals surface area contributed by atoms with Gasteiger partial charge in [-0.3, -0.25) is 4.79 Å². The fourth-order valence-corrected chi connectivity index (χ4v) is 2.20. The zero-order valence-corrected chi connectivity index (χ0v) is 12.8. The highest BCUT2D eigenvalue weighted by Gasteiger charge is 2.07. The van der Waals surface area contributed by atoms with E-state index in [1.807, 2.05) is 20.8 Å². The number of carbonyl (C=O) groups is 1. The Morgan fingerprint density at radius 3 is 2.47 bits per heavy atom. The summed E-state index contributed by atoms with van der Waals surface area (Å²) in [6, 6.07) is 0. The molecule has 0 unspecified atom stereocenters. The average molecular weight is 283 g/mol. The number of hydrogen-bond acceptors (Lipinski definition) is 5. The van der Waals surface area contributed by atoms with E-state index >= 15 is 0 Å². The van der Waals surface area contributed by atoms with E-state index in [9.17, 15) is 4.79 Å². The molecule has 0 aromatic carbocycles. The van der Waals surface area contributed by atoms with E-state index in [1.54, 1.807) is 7.11 Å². The third kappa shape index (κ3) is 5.57. The standard InChI is InChI=1S/C13H21N3O2S/c1-9-10(2)15-13(16-11(9)3)19-8-12(17)14-6-5-7-18-4/h5-8H2,1-4H3,(H,14,17). The summed E-state index contributed by atoms with van der Waals surface area (Å²) in [4.78, 5) is 20.3. The number of amides is 1. The highest BCUT2D eigenvalue weighted by Crippen LogP contribution is 2.16. The number of thioether (sulfide) groups is 1. The van der Waals surface area contributed by atoms with Gasteiger partial charge in [0.1, 0.15) is 0 Å². The van der Waals surface area contributed by atoms with E-state index in [4.69, 9.17) is 4.74 Å². The predicted octanol–water partition coefficient (Wildman–Crippen LogP) is 1.65. The normalized spacial score (nSPS) is 10.5. The molecule has 1 amide bonds. The van der Waals surface area contributed by atoms with Crippen LogP contribution in [0.4, 0.5) is 0 Å². The summed E-state index contributed by atoms with van der Waals surface area (Å²) >= 11 is 1.36. The van der Waals surface area contributed by atoms with Gasteiger partial charge in [-0.15, -0.1) is 0 Å². The SMILES string of the molecule is COCCCNC(=O)CSc1nc(C)c(C)c(C)n1. The van der Waals surface area contributed by atoms with Crippen molar-refractivity contribution in [3.05, 3.63) is 17.0 Å². The third-order valence-electron chi connectivity index (χ3n) is 2.79. The van der Waals surface area contributed by atoms with Crippen LogP contribution in [0.25, 0.3) is 0 Å². The number of aromatic nitrogens is 2. The minimum absolute atomic E-state index is 0.000541. The molecule has 0 aliphatic rings. The summed E-state index contributed by atoms with van der Waals surface area (Å²) in [6.07, 6.45) is 0.826. The van der Waals surface area contributed by atoms with Crippen molar-refractivity contribution in [3.63, 3.8) is 0 Å². The second kappa shape index (κ2) is 8.12. The first-order valence-corrected chi connectivity index (χ1v) is 7.23. The van der Waals surface area contributed by atoms with Gasteiger partial charge in [0.25, 0.3) is 0 Å². The average Bonchev–Trinajstić information content (AvgIpc) is 2.38. The van der Waals surface area contributed by atoms with Gasteiger partial charge in [-0.2, -0.15) is 0 Å². The predicted molar refractivity (Wildman–Crippen MR) is 76.5 cm³/mol. The van der Waals surface area contributed by atoms with Crippen LogP contribution in [-0.4, -0.2) is 41.9 Å². The Hall–Kier alpha value is -1.14. The molecule has 0 radical (unpaired) electrons. The van der Waals surface area contributed by atoms with Crippen molar-refractivity contribution >= 4 is 17.7 Å². The molecule has 1 aromatic rings. The molecule has 1 heterocycles. The fourth-order valence-electron chi connectivity index (χ4n) is 1.43. The highest BCUT2D eigenvalue weighted by molar-refractivity contribution is 7.99. The minimum atomic E-state index is 0.000541. The Morgan fingerprint density at radius 2 is 1.89 bits per heavy atom. The van der Waals surface area contributed by atoms with Gasteiger partial charge in [0, 0.05) is 31.6 Å². The van der Waals surface area contributed by atoms with Crippen LogP contribution in [0.2, 0.25) is 0 Å². The Labute approximate surface area is 118 Å². The summed E-state index contributed by atoms with van der Waals surface area (Å²) < 4.78 is 4.91. The number of nitrogens with zero attached hydrogens (tertiary/aromatic N) is 2. The maximum Gasteiger partial charge on any atom is 0.230 e. The van der Waals surface area contributed by atoms with Crippen LogP contribution < -0.4 is 5.32 Å². The van der Waals surface area contributed by atoms with Crippen molar-refractivity contribution < 1.29 is 9.53 Å². The Morgan fingerprint density at radius 1 is 1.26 bits per heavy atom. The summed E-state index contributed by atoms with van der Waals surface area (Å²) in [7, 11) is 1.65. The lowest BCUT2D eigenvalue weighted by Crippen LogP contribution is -2.26. The largest absolute Gasteiger partial charge is 0.385 e. The van der Waals surface area contributed by atoms with Gasteiger partial charge in [-0.05, 0) is 32.8 Å². The molecule has 0 aliphatic heterocycles. The van der Waals surface area contributed by atoms with E-state index in [-0.39, 0.29) is 5.91 Å². The van der Waals surface area contributed by atoms with Gasteiger partial charge in [-0.1, -0.05) is 11.8 Å². The molecule has 0 bridgehead atoms. The summed E-state index contributed by atoms with van der Waals surface area (Å²) in [5.41, 5.74) is 3.04. The molecule has 0 saturated heterocycles. The minimum Gasteiger partial charge on any atom is -0.385 e. The lowest BCUT2D eigenvalue weighted by Gasteiger charge is -2.07. The van der Waals surface area contributed by atoms with Crippen LogP contribution in [0.1, 0.15) is 23.4 Å². The molecule has 106 valence electrons. The molecule has 1 aromatic heterocycles. The zero-order chi connectivity index (χ0) is 14.3. The number of carbonyl (C=O) groups excluding carboxylic acids is 1. The number of aryl methyl sites for hydroxylation is 2. The van der Waals surface area contributed by atoms with Gasteiger partial charge >= 0.3 is 0 Å². The first kappa shape index (κ1) is 15.9. The van der Waals surface area contributed by atoms with Crippen molar-refractivity contribution in [3.8, 4) is 0 Å². The second-order valence-corrected chi connectivity index (χ2v) is 5.23. The smallest absolute Gasteiger partial charge is 0.230 e. The molecular formula is C13H21N3O2S. The monoisotopic (exact) mass is 283 g/mol. The summed E-state index contributed by atoms with van der Waals surface area (Å²) in [6.45, 7) is 7.21. The fraction of sp³-hybridized carbons (Fsp3) is 0.615. The second-order valence-electron chi connectivity index (χ2n) is 4.29. The third-order valence-corrected chi connectivity index (χ3v) is 3.64. The van der Waals surface area contributed by atoms with Gasteiger partial charge in [0.2, 0.25) is 5.91 Å². The van der Waals surface area contributed by atoms with Crippen LogP contribution in [0.3, 0.4) is 0 Å². The zero-order valence-electron chi connectivity index (χ0n) is 11.9. The lowest BCUT2D eigenvalue weighted by molar-refractivity contribution is -0.118. The molecule has 5 nitrogen and oxygen atoms in total. The number of methoxy groups -OCH3 is 1. The van der Waals surface area contributed by atoms with Crippen LogP contribution >= 0.6 is 11.8 Å². The molecule has 19 heavy (non-hydrogen) atoms. The van der Waals surface area contributed by atoms with E-state index in [2.05, 4.69) is 15.3 Å². The summed E-state index contributed by atoms with van der Waals surface area (Å²) in [5.74, 6) is 0.343. The first-order valence-electron chi connectivity index (χ1n) is 6.25. The first-order chi connectivity index (χ1) is 9.04. The number of hydrogen-bond donors (Lipinski definition) is 1. The molecule has 0 saturated carbocycles. The van der Waals surface area contributed by atoms with Gasteiger partial charge in [-0.25, -0.2) is 9.97 Å². The molecule has 0 atom stereocenters. The van der Waals surface area contributed by atoms with E-state index < -0.39 is 0 Å². The Bertz CT molecular complexity index is 415. The van der Waals surface area contributed by atoms with Crippen LogP contribution in [0, 0.1) is 20.8 Å². The molecule has 6 heteroatoms. The number of nitrogens with one attached hydrogen (secondary N) is 1. The topological polar surface area (TPSA) is 64.1 Å². The van der Waals surface area contributed by atoms with Crippen molar-refractivity contribution in [2.75, 3.05) is 26.0 Å². The van der Waals surface area contributed by atoms with Crippen molar-refractivity contribution in [2.45, 2.75) is 32.3 Å². The van der Waals surface area contributed by atoms with Crippen molar-refractivity contribution in [2.24, 2.45) is 0 Å². The van der Waals surface area contributed by atoms with Crippen molar-refractivity contribution in [1.82, 2.24) is 15.3 Å². The molecule has 1 N–H and O–H groups in total.